The monoisotopic (exact) mass is 330 g/mol. The van der Waals surface area contributed by atoms with E-state index in [1.165, 1.54) is 12.1 Å². The van der Waals surface area contributed by atoms with Gasteiger partial charge >= 0.3 is 12.1 Å². The molecule has 0 bridgehead atoms. The summed E-state index contributed by atoms with van der Waals surface area (Å²) in [5.74, 6) is -7.46. The number of alkyl halides is 5. The highest BCUT2D eigenvalue weighted by Gasteiger charge is 2.63. The van der Waals surface area contributed by atoms with E-state index in [1.807, 2.05) is 18.2 Å². The third-order valence-corrected chi connectivity index (χ3v) is 3.01. The zero-order valence-corrected chi connectivity index (χ0v) is 11.6. The topological polar surface area (TPSA) is 26.3 Å². The van der Waals surface area contributed by atoms with Crippen LogP contribution in [0.4, 0.5) is 22.0 Å². The van der Waals surface area contributed by atoms with Gasteiger partial charge in [0.25, 0.3) is 0 Å². The van der Waals surface area contributed by atoms with E-state index in [0.29, 0.717) is 0 Å². The summed E-state index contributed by atoms with van der Waals surface area (Å²) in [5.41, 5.74) is 0.121. The molecule has 0 saturated heterocycles. The summed E-state index contributed by atoms with van der Waals surface area (Å²) in [6.45, 7) is 0.201. The molecule has 0 aliphatic carbocycles. The van der Waals surface area contributed by atoms with Crippen LogP contribution in [0, 0.1) is 0 Å². The molecule has 0 atom stereocenters. The lowest BCUT2D eigenvalue weighted by molar-refractivity contribution is -0.255. The zero-order valence-electron chi connectivity index (χ0n) is 11.6. The van der Waals surface area contributed by atoms with Crippen molar-refractivity contribution in [2.45, 2.75) is 18.7 Å². The fourth-order valence-corrected chi connectivity index (χ4v) is 1.75. The number of rotatable bonds is 5. The highest BCUT2D eigenvalue weighted by Crippen LogP contribution is 2.38. The Labute approximate surface area is 128 Å². The van der Waals surface area contributed by atoms with Crippen molar-refractivity contribution in [1.82, 2.24) is 0 Å². The number of carbonyl (C=O) groups excluding carboxylic acids is 1. The molecule has 2 aromatic rings. The van der Waals surface area contributed by atoms with E-state index in [9.17, 15) is 26.7 Å². The first-order valence-electron chi connectivity index (χ1n) is 6.48. The molecule has 2 nitrogen and oxygen atoms in total. The average molecular weight is 330 g/mol. The Kier molecular flexibility index (Phi) is 4.68. The fraction of sp³-hybridized carbons (Fsp3) is 0.188. The third-order valence-electron chi connectivity index (χ3n) is 3.01. The normalized spacial score (nSPS) is 12.0. The maximum Gasteiger partial charge on any atom is 0.461 e. The number of ether oxygens (including phenoxy) is 1. The van der Waals surface area contributed by atoms with Crippen LogP contribution in [-0.4, -0.2) is 17.9 Å². The van der Waals surface area contributed by atoms with Gasteiger partial charge in [0, 0.05) is 5.56 Å². The molecule has 2 aromatic carbocycles. The smallest absolute Gasteiger partial charge is 0.461 e. The van der Waals surface area contributed by atoms with Gasteiger partial charge in [-0.05, 0) is 29.8 Å². The van der Waals surface area contributed by atoms with Crippen LogP contribution in [0.25, 0.3) is 0 Å². The number of Topliss-reactive ketones (excluding diaryl/α,β-unsaturated/α-hetero) is 1. The number of halogens is 5. The van der Waals surface area contributed by atoms with Crippen LogP contribution in [0.2, 0.25) is 0 Å². The van der Waals surface area contributed by atoms with Gasteiger partial charge in [0.15, 0.2) is 0 Å². The summed E-state index contributed by atoms with van der Waals surface area (Å²) in [7, 11) is 0. The van der Waals surface area contributed by atoms with Gasteiger partial charge < -0.3 is 4.74 Å². The molecule has 7 heteroatoms. The summed E-state index contributed by atoms with van der Waals surface area (Å²) in [6.07, 6.45) is -5.92. The van der Waals surface area contributed by atoms with Crippen LogP contribution in [0.5, 0.6) is 5.75 Å². The molecule has 0 N–H and O–H groups in total. The van der Waals surface area contributed by atoms with Crippen LogP contribution in [0.15, 0.2) is 54.6 Å². The van der Waals surface area contributed by atoms with E-state index in [2.05, 4.69) is 0 Å². The molecule has 0 heterocycles. The molecule has 23 heavy (non-hydrogen) atoms. The van der Waals surface area contributed by atoms with E-state index in [0.717, 1.165) is 17.7 Å². The SMILES string of the molecule is O=C(c1ccc(OCc2ccccc2)cc1)C(F)(F)C(F)(F)F. The number of hydrogen-bond donors (Lipinski definition) is 0. The maximum absolute atomic E-state index is 13.0. The first-order valence-corrected chi connectivity index (χ1v) is 6.48. The van der Waals surface area contributed by atoms with Gasteiger partial charge in [-0.2, -0.15) is 22.0 Å². The van der Waals surface area contributed by atoms with Crippen LogP contribution in [-0.2, 0) is 6.61 Å². The van der Waals surface area contributed by atoms with Crippen molar-refractivity contribution in [2.75, 3.05) is 0 Å². The first-order chi connectivity index (χ1) is 10.7. The minimum Gasteiger partial charge on any atom is -0.489 e. The van der Waals surface area contributed by atoms with Crippen LogP contribution in [0.1, 0.15) is 15.9 Å². The number of benzene rings is 2. The van der Waals surface area contributed by atoms with E-state index >= 15 is 0 Å². The Balaban J connectivity index is 2.06. The molecule has 0 amide bonds. The summed E-state index contributed by atoms with van der Waals surface area (Å²) in [6, 6.07) is 13.1. The molecule has 0 fully saturated rings. The Morgan fingerprint density at radius 1 is 0.870 bits per heavy atom. The lowest BCUT2D eigenvalue weighted by atomic mass is 10.1. The van der Waals surface area contributed by atoms with Crippen LogP contribution >= 0.6 is 0 Å². The molecule has 0 unspecified atom stereocenters. The van der Waals surface area contributed by atoms with Gasteiger partial charge in [-0.15, -0.1) is 0 Å². The van der Waals surface area contributed by atoms with Gasteiger partial charge in [-0.3, -0.25) is 4.79 Å². The molecule has 0 spiro atoms. The Morgan fingerprint density at radius 2 is 1.43 bits per heavy atom. The number of hydrogen-bond acceptors (Lipinski definition) is 2. The van der Waals surface area contributed by atoms with Crippen LogP contribution < -0.4 is 4.74 Å². The van der Waals surface area contributed by atoms with E-state index < -0.39 is 23.4 Å². The Bertz CT molecular complexity index is 663. The number of carbonyl (C=O) groups is 1. The second-order valence-electron chi connectivity index (χ2n) is 4.70. The van der Waals surface area contributed by atoms with Gasteiger partial charge in [0.1, 0.15) is 12.4 Å². The summed E-state index contributed by atoms with van der Waals surface area (Å²) in [5, 5.41) is 0. The summed E-state index contributed by atoms with van der Waals surface area (Å²) < 4.78 is 67.8. The molecule has 0 aromatic heterocycles. The lowest BCUT2D eigenvalue weighted by Crippen LogP contribution is -2.44. The predicted octanol–water partition coefficient (Wildman–Crippen LogP) is 4.65. The Morgan fingerprint density at radius 3 is 1.96 bits per heavy atom. The minimum absolute atomic E-state index is 0.201. The van der Waals surface area contributed by atoms with Crippen molar-refractivity contribution in [1.29, 1.82) is 0 Å². The predicted molar refractivity (Wildman–Crippen MR) is 72.5 cm³/mol. The largest absolute Gasteiger partial charge is 0.489 e. The molecule has 0 aliphatic heterocycles. The van der Waals surface area contributed by atoms with E-state index in [1.54, 1.807) is 12.1 Å². The van der Waals surface area contributed by atoms with Crippen molar-refractivity contribution >= 4 is 5.78 Å². The number of ketones is 1. The molecule has 122 valence electrons. The second kappa shape index (κ2) is 6.36. The highest BCUT2D eigenvalue weighted by atomic mass is 19.4. The molecular weight excluding hydrogens is 319 g/mol. The average Bonchev–Trinajstić information content (AvgIpc) is 2.52. The standard InChI is InChI=1S/C16H11F5O2/c17-15(18,16(19,20)21)14(22)12-6-8-13(9-7-12)23-10-11-4-2-1-3-5-11/h1-9H,10H2. The molecular formula is C16H11F5O2. The van der Waals surface area contributed by atoms with Crippen molar-refractivity contribution < 1.29 is 31.5 Å². The molecule has 0 saturated carbocycles. The highest BCUT2D eigenvalue weighted by molar-refractivity contribution is 6.02. The van der Waals surface area contributed by atoms with Gasteiger partial charge in [0.2, 0.25) is 5.78 Å². The van der Waals surface area contributed by atoms with Gasteiger partial charge in [-0.25, -0.2) is 0 Å². The lowest BCUT2D eigenvalue weighted by Gasteiger charge is -2.18. The van der Waals surface area contributed by atoms with Crippen molar-refractivity contribution in [3.05, 3.63) is 65.7 Å². The maximum atomic E-state index is 13.0. The van der Waals surface area contributed by atoms with Gasteiger partial charge in [-0.1, -0.05) is 30.3 Å². The van der Waals surface area contributed by atoms with Gasteiger partial charge in [0.05, 0.1) is 0 Å². The fourth-order valence-electron chi connectivity index (χ4n) is 1.75. The quantitative estimate of drug-likeness (QED) is 0.589. The minimum atomic E-state index is -5.92. The van der Waals surface area contributed by atoms with Crippen molar-refractivity contribution in [3.8, 4) is 5.75 Å². The van der Waals surface area contributed by atoms with E-state index in [-0.39, 0.29) is 12.4 Å². The second-order valence-corrected chi connectivity index (χ2v) is 4.70. The van der Waals surface area contributed by atoms with E-state index in [4.69, 9.17) is 4.74 Å². The Hall–Kier alpha value is -2.44. The van der Waals surface area contributed by atoms with Crippen LogP contribution in [0.3, 0.4) is 0 Å². The zero-order chi connectivity index (χ0) is 17.1. The van der Waals surface area contributed by atoms with Crippen molar-refractivity contribution in [2.24, 2.45) is 0 Å². The molecule has 2 rings (SSSR count). The summed E-state index contributed by atoms with van der Waals surface area (Å²) in [4.78, 5) is 11.3. The van der Waals surface area contributed by atoms with Crippen molar-refractivity contribution in [3.63, 3.8) is 0 Å². The third kappa shape index (κ3) is 3.85. The molecule has 0 radical (unpaired) electrons. The first kappa shape index (κ1) is 16.9. The molecule has 0 aliphatic rings. The summed E-state index contributed by atoms with van der Waals surface area (Å²) >= 11 is 0.